The van der Waals surface area contributed by atoms with Crippen molar-refractivity contribution in [1.29, 1.82) is 0 Å². The van der Waals surface area contributed by atoms with E-state index in [9.17, 15) is 18.5 Å². The molecule has 2 N–H and O–H groups in total. The quantitative estimate of drug-likeness (QED) is 0.331. The summed E-state index contributed by atoms with van der Waals surface area (Å²) in [5, 5.41) is 11.7. The molecule has 3 aromatic rings. The first-order valence-corrected chi connectivity index (χ1v) is 10.6. The Morgan fingerprint density at radius 2 is 1.55 bits per heavy atom. The lowest BCUT2D eigenvalue weighted by molar-refractivity contribution is -0.387. The third-order valence-corrected chi connectivity index (χ3v) is 6.11. The summed E-state index contributed by atoms with van der Waals surface area (Å²) < 4.78 is 24.8. The highest BCUT2D eigenvalue weighted by Crippen LogP contribution is 2.36. The molecule has 0 atom stereocenters. The standard InChI is InChI=1S/C18H17N5O4S2/c1-12-3-7-14(8-4-12)28-18-16(23(24)25)17(19-11-20-18)21-22-29(26,27)15-9-5-13(2)6-10-15/h3-11,22H,1-2H3,(H,19,20,21). The Morgan fingerprint density at radius 3 is 2.14 bits per heavy atom. The monoisotopic (exact) mass is 431 g/mol. The molecule has 0 amide bonds. The predicted octanol–water partition coefficient (Wildman–Crippen LogP) is 3.46. The summed E-state index contributed by atoms with van der Waals surface area (Å²) in [6.45, 7) is 3.77. The first-order chi connectivity index (χ1) is 13.8. The van der Waals surface area contributed by atoms with Crippen molar-refractivity contribution in [3.8, 4) is 0 Å². The molecule has 2 aromatic carbocycles. The molecule has 0 aliphatic carbocycles. The van der Waals surface area contributed by atoms with E-state index in [4.69, 9.17) is 0 Å². The third kappa shape index (κ3) is 5.08. The van der Waals surface area contributed by atoms with Crippen LogP contribution in [0.5, 0.6) is 0 Å². The van der Waals surface area contributed by atoms with Gasteiger partial charge in [0.2, 0.25) is 5.82 Å². The number of aromatic nitrogens is 2. The molecule has 11 heteroatoms. The minimum absolute atomic E-state index is 0.0153. The summed E-state index contributed by atoms with van der Waals surface area (Å²) in [4.78, 5) is 21.7. The fourth-order valence-corrected chi connectivity index (χ4v) is 4.01. The molecule has 0 unspecified atom stereocenters. The maximum atomic E-state index is 12.4. The van der Waals surface area contributed by atoms with Gasteiger partial charge in [-0.1, -0.05) is 47.2 Å². The average molecular weight is 431 g/mol. The second kappa shape index (κ2) is 8.55. The summed E-state index contributed by atoms with van der Waals surface area (Å²) >= 11 is 1.09. The first kappa shape index (κ1) is 20.7. The molecule has 0 radical (unpaired) electrons. The molecule has 0 aliphatic heterocycles. The van der Waals surface area contributed by atoms with Gasteiger partial charge in [0.25, 0.3) is 10.0 Å². The molecule has 0 saturated carbocycles. The number of hydrogen-bond acceptors (Lipinski definition) is 8. The second-order valence-electron chi connectivity index (χ2n) is 6.09. The number of anilines is 1. The Morgan fingerprint density at radius 1 is 0.966 bits per heavy atom. The molecule has 1 aromatic heterocycles. The molecular weight excluding hydrogens is 414 g/mol. The lowest BCUT2D eigenvalue weighted by Crippen LogP contribution is -2.30. The van der Waals surface area contributed by atoms with Crippen molar-refractivity contribution in [3.05, 3.63) is 76.1 Å². The fraction of sp³-hybridized carbons (Fsp3) is 0.111. The van der Waals surface area contributed by atoms with E-state index in [1.807, 2.05) is 38.1 Å². The molecule has 150 valence electrons. The smallest absolute Gasteiger partial charge is 0.286 e. The third-order valence-electron chi connectivity index (χ3n) is 3.84. The van der Waals surface area contributed by atoms with Gasteiger partial charge in [0.15, 0.2) is 5.03 Å². The number of hydrogen-bond donors (Lipinski definition) is 2. The first-order valence-electron chi connectivity index (χ1n) is 8.34. The lowest BCUT2D eigenvalue weighted by Gasteiger charge is -2.10. The Hall–Kier alpha value is -3.02. The van der Waals surface area contributed by atoms with Crippen LogP contribution in [0.1, 0.15) is 11.1 Å². The number of aryl methyl sites for hydroxylation is 2. The molecule has 0 spiro atoms. The molecular formula is C18H17N5O4S2. The highest BCUT2D eigenvalue weighted by Gasteiger charge is 2.25. The Kier molecular flexibility index (Phi) is 6.11. The number of rotatable bonds is 7. The summed E-state index contributed by atoms with van der Waals surface area (Å²) in [5.41, 5.74) is 3.87. The van der Waals surface area contributed by atoms with Crippen LogP contribution in [0.25, 0.3) is 0 Å². The molecule has 0 bridgehead atoms. The van der Waals surface area contributed by atoms with E-state index >= 15 is 0 Å². The van der Waals surface area contributed by atoms with Gasteiger partial charge in [-0.2, -0.15) is 0 Å². The van der Waals surface area contributed by atoms with Crippen LogP contribution in [0.15, 0.2) is 69.7 Å². The van der Waals surface area contributed by atoms with E-state index in [0.29, 0.717) is 0 Å². The van der Waals surface area contributed by atoms with Crippen molar-refractivity contribution in [2.45, 2.75) is 28.7 Å². The van der Waals surface area contributed by atoms with Crippen LogP contribution in [-0.4, -0.2) is 23.3 Å². The van der Waals surface area contributed by atoms with Crippen LogP contribution in [0.4, 0.5) is 11.5 Å². The molecule has 0 fully saturated rings. The van der Waals surface area contributed by atoms with Crippen LogP contribution in [0.3, 0.4) is 0 Å². The summed E-state index contributed by atoms with van der Waals surface area (Å²) in [7, 11) is -3.95. The van der Waals surface area contributed by atoms with Crippen molar-refractivity contribution in [3.63, 3.8) is 0 Å². The van der Waals surface area contributed by atoms with E-state index in [-0.39, 0.29) is 15.7 Å². The molecule has 1 heterocycles. The zero-order valence-electron chi connectivity index (χ0n) is 15.5. The number of nitrogens with one attached hydrogen (secondary N) is 2. The van der Waals surface area contributed by atoms with Gasteiger partial charge in [-0.05, 0) is 38.1 Å². The predicted molar refractivity (Wildman–Crippen MR) is 109 cm³/mol. The SMILES string of the molecule is Cc1ccc(Sc2ncnc(NNS(=O)(=O)c3ccc(C)cc3)c2[N+](=O)[O-])cc1. The molecule has 0 aliphatic rings. The minimum Gasteiger partial charge on any atom is -0.286 e. The summed E-state index contributed by atoms with van der Waals surface area (Å²) in [6, 6.07) is 13.6. The van der Waals surface area contributed by atoms with Crippen LogP contribution in [0.2, 0.25) is 0 Å². The van der Waals surface area contributed by atoms with Crippen LogP contribution in [0, 0.1) is 24.0 Å². The number of sulfonamides is 1. The van der Waals surface area contributed by atoms with Crippen LogP contribution in [-0.2, 0) is 10.0 Å². The second-order valence-corrected chi connectivity index (χ2v) is 8.84. The van der Waals surface area contributed by atoms with E-state index in [0.717, 1.165) is 34.1 Å². The zero-order chi connectivity index (χ0) is 21.0. The summed E-state index contributed by atoms with van der Waals surface area (Å²) in [6.07, 6.45) is 1.13. The van der Waals surface area contributed by atoms with E-state index < -0.39 is 20.6 Å². The van der Waals surface area contributed by atoms with Gasteiger partial charge in [-0.15, -0.1) is 4.83 Å². The number of nitro groups is 1. The van der Waals surface area contributed by atoms with E-state index in [2.05, 4.69) is 20.2 Å². The van der Waals surface area contributed by atoms with Crippen molar-refractivity contribution in [2.24, 2.45) is 0 Å². The highest BCUT2D eigenvalue weighted by atomic mass is 32.2. The van der Waals surface area contributed by atoms with Crippen molar-refractivity contribution < 1.29 is 13.3 Å². The zero-order valence-corrected chi connectivity index (χ0v) is 17.1. The van der Waals surface area contributed by atoms with Gasteiger partial charge in [0, 0.05) is 4.90 Å². The normalized spacial score (nSPS) is 11.2. The Labute approximate surface area is 171 Å². The van der Waals surface area contributed by atoms with Crippen molar-refractivity contribution in [1.82, 2.24) is 14.8 Å². The number of nitrogens with zero attached hydrogens (tertiary/aromatic N) is 3. The largest absolute Gasteiger partial charge is 0.344 e. The lowest BCUT2D eigenvalue weighted by atomic mass is 10.2. The van der Waals surface area contributed by atoms with E-state index in [1.165, 1.54) is 12.1 Å². The van der Waals surface area contributed by atoms with Crippen LogP contribution < -0.4 is 10.3 Å². The Bertz CT molecular complexity index is 1130. The topological polar surface area (TPSA) is 127 Å². The van der Waals surface area contributed by atoms with Crippen LogP contribution >= 0.6 is 11.8 Å². The molecule has 29 heavy (non-hydrogen) atoms. The van der Waals surface area contributed by atoms with Gasteiger partial charge < -0.3 is 0 Å². The van der Waals surface area contributed by atoms with Crippen molar-refractivity contribution >= 4 is 33.3 Å². The fourth-order valence-electron chi connectivity index (χ4n) is 2.30. The number of hydrazine groups is 1. The molecule has 0 saturated heterocycles. The molecule has 3 rings (SSSR count). The number of benzene rings is 2. The maximum absolute atomic E-state index is 12.4. The van der Waals surface area contributed by atoms with Gasteiger partial charge in [-0.25, -0.2) is 18.4 Å². The Balaban J connectivity index is 1.86. The van der Waals surface area contributed by atoms with Gasteiger partial charge in [-0.3, -0.25) is 15.5 Å². The van der Waals surface area contributed by atoms with Gasteiger partial charge in [0.05, 0.1) is 9.82 Å². The van der Waals surface area contributed by atoms with Gasteiger partial charge in [0.1, 0.15) is 6.33 Å². The maximum Gasteiger partial charge on any atom is 0.344 e. The summed E-state index contributed by atoms with van der Waals surface area (Å²) in [5.74, 6) is -0.254. The highest BCUT2D eigenvalue weighted by molar-refractivity contribution is 7.99. The molecule has 9 nitrogen and oxygen atoms in total. The van der Waals surface area contributed by atoms with E-state index in [1.54, 1.807) is 12.1 Å². The average Bonchev–Trinajstić information content (AvgIpc) is 2.68. The minimum atomic E-state index is -3.95. The van der Waals surface area contributed by atoms with Crippen molar-refractivity contribution in [2.75, 3.05) is 5.43 Å². The van der Waals surface area contributed by atoms with Gasteiger partial charge >= 0.3 is 5.69 Å².